The summed E-state index contributed by atoms with van der Waals surface area (Å²) in [6, 6.07) is 0. The first-order chi connectivity index (χ1) is 6.97. The van der Waals surface area contributed by atoms with Crippen LogP contribution in [0.15, 0.2) is 6.20 Å². The lowest BCUT2D eigenvalue weighted by molar-refractivity contribution is 0.176. The maximum absolute atomic E-state index is 11.1. The van der Waals surface area contributed by atoms with Crippen molar-refractivity contribution in [2.24, 2.45) is 0 Å². The quantitative estimate of drug-likeness (QED) is 0.744. The zero-order valence-electron chi connectivity index (χ0n) is 8.52. The highest BCUT2D eigenvalue weighted by Crippen LogP contribution is 2.29. The number of hydrogen-bond donors (Lipinski definition) is 2. The van der Waals surface area contributed by atoms with Crippen LogP contribution in [-0.4, -0.2) is 24.6 Å². The van der Waals surface area contributed by atoms with E-state index in [-0.39, 0.29) is 0 Å². The van der Waals surface area contributed by atoms with Gasteiger partial charge in [0.15, 0.2) is 0 Å². The molecule has 2 rings (SSSR count). The molecule has 1 heterocycles. The van der Waals surface area contributed by atoms with Crippen LogP contribution in [0.3, 0.4) is 0 Å². The predicted molar refractivity (Wildman–Crippen MR) is 56.7 cm³/mol. The van der Waals surface area contributed by atoms with Crippen LogP contribution in [0.1, 0.15) is 24.1 Å². The number of anilines is 1. The van der Waals surface area contributed by atoms with Crippen LogP contribution in [0.25, 0.3) is 0 Å². The van der Waals surface area contributed by atoms with E-state index in [2.05, 4.69) is 4.72 Å². The van der Waals surface area contributed by atoms with E-state index in [0.717, 1.165) is 47.9 Å². The Morgan fingerprint density at radius 1 is 1.40 bits per heavy atom. The van der Waals surface area contributed by atoms with Crippen molar-refractivity contribution < 1.29 is 13.6 Å². The summed E-state index contributed by atoms with van der Waals surface area (Å²) < 4.78 is 25.6. The van der Waals surface area contributed by atoms with Gasteiger partial charge in [-0.05, 0) is 25.7 Å². The smallest absolute Gasteiger partial charge is 0.229 e. The molecule has 0 fully saturated rings. The van der Waals surface area contributed by atoms with E-state index in [1.807, 2.05) is 0 Å². The van der Waals surface area contributed by atoms with Gasteiger partial charge < -0.3 is 5.21 Å². The lowest BCUT2D eigenvalue weighted by atomic mass is 9.97. The molecule has 0 saturated carbocycles. The second kappa shape index (κ2) is 3.44. The average molecular weight is 230 g/mol. The van der Waals surface area contributed by atoms with Crippen LogP contribution < -0.4 is 4.72 Å². The fraction of sp³-hybridized carbons (Fsp3) is 0.556. The molecule has 0 aliphatic heterocycles. The Hall–Kier alpha value is -1.17. The molecule has 1 aliphatic carbocycles. The summed E-state index contributed by atoms with van der Waals surface area (Å²) in [7, 11) is -3.27. The van der Waals surface area contributed by atoms with Crippen molar-refractivity contribution in [1.82, 2.24) is 4.73 Å². The van der Waals surface area contributed by atoms with Crippen LogP contribution in [0.2, 0.25) is 0 Å². The van der Waals surface area contributed by atoms with Gasteiger partial charge >= 0.3 is 0 Å². The predicted octanol–water partition coefficient (Wildman–Crippen LogP) is 0.976. The molecule has 1 aliphatic rings. The van der Waals surface area contributed by atoms with Gasteiger partial charge in [-0.15, -0.1) is 0 Å². The molecule has 0 saturated heterocycles. The van der Waals surface area contributed by atoms with Gasteiger partial charge in [-0.2, -0.15) is 4.73 Å². The van der Waals surface area contributed by atoms with Crippen molar-refractivity contribution in [1.29, 1.82) is 0 Å². The van der Waals surface area contributed by atoms with Crippen molar-refractivity contribution in [3.8, 4) is 0 Å². The Morgan fingerprint density at radius 2 is 2.07 bits per heavy atom. The molecule has 2 N–H and O–H groups in total. The molecule has 0 atom stereocenters. The van der Waals surface area contributed by atoms with Gasteiger partial charge in [-0.1, -0.05) is 0 Å². The normalized spacial score (nSPS) is 16.1. The second-order valence-corrected chi connectivity index (χ2v) is 5.64. The molecule has 15 heavy (non-hydrogen) atoms. The van der Waals surface area contributed by atoms with Crippen molar-refractivity contribution in [2.75, 3.05) is 11.0 Å². The van der Waals surface area contributed by atoms with Crippen LogP contribution in [0.4, 0.5) is 5.69 Å². The van der Waals surface area contributed by atoms with Crippen molar-refractivity contribution >= 4 is 15.7 Å². The zero-order chi connectivity index (χ0) is 11.1. The summed E-state index contributed by atoms with van der Waals surface area (Å²) in [5.41, 5.74) is 2.26. The third-order valence-electron chi connectivity index (χ3n) is 2.59. The second-order valence-electron chi connectivity index (χ2n) is 3.89. The Kier molecular flexibility index (Phi) is 2.38. The third-order valence-corrected chi connectivity index (χ3v) is 3.18. The maximum atomic E-state index is 11.1. The lowest BCUT2D eigenvalue weighted by Gasteiger charge is -2.13. The molecule has 5 nitrogen and oxygen atoms in total. The summed E-state index contributed by atoms with van der Waals surface area (Å²) in [6.07, 6.45) is 6.23. The number of fused-ring (bicyclic) bond motifs is 1. The molecular formula is C9H14N2O3S. The fourth-order valence-electron chi connectivity index (χ4n) is 2.00. The van der Waals surface area contributed by atoms with Crippen LogP contribution in [0.5, 0.6) is 0 Å². The number of nitrogens with one attached hydrogen (secondary N) is 1. The van der Waals surface area contributed by atoms with Crippen molar-refractivity contribution in [2.45, 2.75) is 25.7 Å². The first-order valence-corrected chi connectivity index (χ1v) is 6.76. The summed E-state index contributed by atoms with van der Waals surface area (Å²) >= 11 is 0. The summed E-state index contributed by atoms with van der Waals surface area (Å²) in [6.45, 7) is 0. The first kappa shape index (κ1) is 10.4. The molecule has 0 amide bonds. The lowest BCUT2D eigenvalue weighted by Crippen LogP contribution is -2.11. The number of sulfonamides is 1. The minimum atomic E-state index is -3.27. The maximum Gasteiger partial charge on any atom is 0.229 e. The van der Waals surface area contributed by atoms with Crippen LogP contribution in [-0.2, 0) is 22.9 Å². The standard InChI is InChI=1S/C9H14N2O3S/c1-15(13,14)10-8-6-11(12)9-5-3-2-4-7(8)9/h6,10,12H,2-5H2,1H3. The molecule has 1 aromatic heterocycles. The van der Waals surface area contributed by atoms with Gasteiger partial charge in [0.2, 0.25) is 10.0 Å². The highest BCUT2D eigenvalue weighted by molar-refractivity contribution is 7.92. The zero-order valence-corrected chi connectivity index (χ0v) is 9.34. The van der Waals surface area contributed by atoms with E-state index in [9.17, 15) is 13.6 Å². The van der Waals surface area contributed by atoms with Gasteiger partial charge in [-0.25, -0.2) is 8.42 Å². The Morgan fingerprint density at radius 3 is 2.73 bits per heavy atom. The monoisotopic (exact) mass is 230 g/mol. The van der Waals surface area contributed by atoms with Crippen LogP contribution in [0, 0.1) is 0 Å². The largest absolute Gasteiger partial charge is 0.429 e. The average Bonchev–Trinajstić information content (AvgIpc) is 2.42. The molecule has 0 unspecified atom stereocenters. The van der Waals surface area contributed by atoms with Gasteiger partial charge in [0, 0.05) is 5.56 Å². The summed E-state index contributed by atoms with van der Waals surface area (Å²) in [5.74, 6) is 0. The van der Waals surface area contributed by atoms with E-state index >= 15 is 0 Å². The van der Waals surface area contributed by atoms with Crippen molar-refractivity contribution in [3.05, 3.63) is 17.5 Å². The number of rotatable bonds is 2. The van der Waals surface area contributed by atoms with Gasteiger partial charge in [0.25, 0.3) is 0 Å². The van der Waals surface area contributed by atoms with E-state index in [1.54, 1.807) is 0 Å². The number of nitrogens with zero attached hydrogens (tertiary/aromatic N) is 1. The summed E-state index contributed by atoms with van der Waals surface area (Å²) in [5, 5.41) is 9.56. The third kappa shape index (κ3) is 2.09. The van der Waals surface area contributed by atoms with Crippen LogP contribution >= 0.6 is 0 Å². The topological polar surface area (TPSA) is 71.3 Å². The fourth-order valence-corrected chi connectivity index (χ4v) is 2.57. The Labute approximate surface area is 88.7 Å². The first-order valence-electron chi connectivity index (χ1n) is 4.87. The SMILES string of the molecule is CS(=O)(=O)Nc1cn(O)c2c1CCCC2. The molecular weight excluding hydrogens is 216 g/mol. The molecule has 0 bridgehead atoms. The molecule has 84 valence electrons. The van der Waals surface area contributed by atoms with E-state index in [1.165, 1.54) is 6.20 Å². The Bertz CT molecular complexity index is 476. The molecule has 0 aromatic carbocycles. The summed E-state index contributed by atoms with van der Waals surface area (Å²) in [4.78, 5) is 0. The van der Waals surface area contributed by atoms with E-state index < -0.39 is 10.0 Å². The number of hydrogen-bond acceptors (Lipinski definition) is 3. The molecule has 6 heteroatoms. The highest BCUT2D eigenvalue weighted by Gasteiger charge is 2.20. The number of aromatic nitrogens is 1. The molecule has 0 radical (unpaired) electrons. The molecule has 1 aromatic rings. The molecule has 0 spiro atoms. The highest BCUT2D eigenvalue weighted by atomic mass is 32.2. The van der Waals surface area contributed by atoms with Gasteiger partial charge in [-0.3, -0.25) is 4.72 Å². The van der Waals surface area contributed by atoms with Gasteiger partial charge in [0.1, 0.15) is 0 Å². The minimum absolute atomic E-state index is 0.509. The van der Waals surface area contributed by atoms with Gasteiger partial charge in [0.05, 0.1) is 23.8 Å². The Balaban J connectivity index is 2.40. The minimum Gasteiger partial charge on any atom is -0.429 e. The van der Waals surface area contributed by atoms with E-state index in [4.69, 9.17) is 0 Å². The van der Waals surface area contributed by atoms with Crippen molar-refractivity contribution in [3.63, 3.8) is 0 Å². The van der Waals surface area contributed by atoms with E-state index in [0.29, 0.717) is 5.69 Å².